The Morgan fingerprint density at radius 2 is 1.69 bits per heavy atom. The summed E-state index contributed by atoms with van der Waals surface area (Å²) in [5.41, 5.74) is 9.87. The average Bonchev–Trinajstić information content (AvgIpc) is 2.73. The summed E-state index contributed by atoms with van der Waals surface area (Å²) in [6.07, 6.45) is -4.84. The van der Waals surface area contributed by atoms with Crippen LogP contribution in [0.4, 0.5) is 13.2 Å². The van der Waals surface area contributed by atoms with Gasteiger partial charge in [-0.25, -0.2) is 9.97 Å². The first-order valence-corrected chi connectivity index (χ1v) is 8.99. The van der Waals surface area contributed by atoms with Crippen molar-refractivity contribution in [2.24, 2.45) is 11.5 Å². The number of carbonyl (C=O) groups is 2. The van der Waals surface area contributed by atoms with E-state index in [2.05, 4.69) is 15.0 Å². The molecule has 32 heavy (non-hydrogen) atoms. The monoisotopic (exact) mass is 447 g/mol. The van der Waals surface area contributed by atoms with E-state index < -0.39 is 29.7 Å². The molecule has 166 valence electrons. The van der Waals surface area contributed by atoms with Crippen LogP contribution in [-0.2, 0) is 11.0 Å². The topological polar surface area (TPSA) is 143 Å². The maximum atomic E-state index is 12.6. The molecular formula is C20H16F3N5O4. The van der Waals surface area contributed by atoms with Gasteiger partial charge in [0.15, 0.2) is 11.9 Å². The minimum absolute atomic E-state index is 0.0335. The predicted molar refractivity (Wildman–Crippen MR) is 105 cm³/mol. The summed E-state index contributed by atoms with van der Waals surface area (Å²) in [4.78, 5) is 34.6. The largest absolute Gasteiger partial charge is 0.464 e. The van der Waals surface area contributed by atoms with E-state index in [1.54, 1.807) is 12.1 Å². The Labute approximate surface area is 179 Å². The third kappa shape index (κ3) is 5.47. The van der Waals surface area contributed by atoms with Gasteiger partial charge in [-0.15, -0.1) is 0 Å². The third-order valence-electron chi connectivity index (χ3n) is 4.05. The summed E-state index contributed by atoms with van der Waals surface area (Å²) in [7, 11) is 0. The second-order valence-corrected chi connectivity index (χ2v) is 6.45. The number of benzene rings is 1. The molecule has 1 unspecified atom stereocenters. The van der Waals surface area contributed by atoms with Gasteiger partial charge in [0.1, 0.15) is 11.4 Å². The van der Waals surface area contributed by atoms with E-state index in [-0.39, 0.29) is 29.0 Å². The molecule has 4 N–H and O–H groups in total. The quantitative estimate of drug-likeness (QED) is 0.567. The van der Waals surface area contributed by atoms with Crippen molar-refractivity contribution >= 4 is 11.8 Å². The number of primary amides is 2. The van der Waals surface area contributed by atoms with Crippen molar-refractivity contribution in [2.75, 3.05) is 0 Å². The molecule has 12 heteroatoms. The van der Waals surface area contributed by atoms with Crippen molar-refractivity contribution in [2.45, 2.75) is 19.2 Å². The first-order chi connectivity index (χ1) is 15.0. The highest BCUT2D eigenvalue weighted by Gasteiger charge is 2.30. The molecule has 0 bridgehead atoms. The molecule has 1 atom stereocenters. The summed E-state index contributed by atoms with van der Waals surface area (Å²) in [5, 5.41) is 0. The van der Waals surface area contributed by atoms with Gasteiger partial charge in [0, 0.05) is 23.9 Å². The molecule has 0 saturated carbocycles. The molecule has 3 rings (SSSR count). The van der Waals surface area contributed by atoms with Crippen molar-refractivity contribution in [3.05, 3.63) is 59.9 Å². The minimum atomic E-state index is -4.50. The lowest BCUT2D eigenvalue weighted by atomic mass is 10.2. The molecule has 9 nitrogen and oxygen atoms in total. The molecule has 1 aromatic carbocycles. The first kappa shape index (κ1) is 22.5. The van der Waals surface area contributed by atoms with E-state index in [1.807, 2.05) is 0 Å². The lowest BCUT2D eigenvalue weighted by molar-refractivity contribution is -0.137. The van der Waals surface area contributed by atoms with Crippen LogP contribution >= 0.6 is 0 Å². The number of carbonyl (C=O) groups excluding carboxylic acids is 2. The van der Waals surface area contributed by atoms with Gasteiger partial charge in [0.2, 0.25) is 11.8 Å². The zero-order chi connectivity index (χ0) is 23.5. The average molecular weight is 447 g/mol. The zero-order valence-electron chi connectivity index (χ0n) is 16.5. The van der Waals surface area contributed by atoms with Crippen LogP contribution in [0.1, 0.15) is 23.0 Å². The van der Waals surface area contributed by atoms with Crippen molar-refractivity contribution in [3.8, 4) is 28.9 Å². The number of halogens is 3. The number of hydrogen-bond acceptors (Lipinski definition) is 7. The van der Waals surface area contributed by atoms with Crippen molar-refractivity contribution in [1.29, 1.82) is 0 Å². The fourth-order valence-electron chi connectivity index (χ4n) is 2.38. The zero-order valence-corrected chi connectivity index (χ0v) is 16.5. The Morgan fingerprint density at radius 1 is 1.00 bits per heavy atom. The van der Waals surface area contributed by atoms with E-state index in [0.717, 1.165) is 12.1 Å². The van der Waals surface area contributed by atoms with Crippen LogP contribution in [0.3, 0.4) is 0 Å². The van der Waals surface area contributed by atoms with Crippen LogP contribution in [0, 0.1) is 0 Å². The number of alkyl halides is 3. The standard InChI is InChI=1S/C20H16F3N5O4/c1-10(17(24)29)31-16-8-14(18(25)30)27-19(28-16)11-2-5-13(6-3-11)32-15-7-4-12(9-26-15)20(21,22)23/h2-10H,1H3,(H2,24,29)(H2,25,30). The lowest BCUT2D eigenvalue weighted by Gasteiger charge is -2.12. The molecule has 0 spiro atoms. The summed E-state index contributed by atoms with van der Waals surface area (Å²) in [5.74, 6) is -1.32. The van der Waals surface area contributed by atoms with Crippen molar-refractivity contribution in [1.82, 2.24) is 15.0 Å². The van der Waals surface area contributed by atoms with E-state index in [9.17, 15) is 22.8 Å². The molecule has 0 fully saturated rings. The van der Waals surface area contributed by atoms with Crippen LogP contribution in [-0.4, -0.2) is 32.9 Å². The van der Waals surface area contributed by atoms with Crippen LogP contribution in [0.25, 0.3) is 11.4 Å². The normalized spacial score (nSPS) is 12.1. The van der Waals surface area contributed by atoms with Gasteiger partial charge in [-0.1, -0.05) is 0 Å². The van der Waals surface area contributed by atoms with E-state index in [4.69, 9.17) is 20.9 Å². The van der Waals surface area contributed by atoms with Gasteiger partial charge in [-0.2, -0.15) is 18.2 Å². The van der Waals surface area contributed by atoms with Crippen LogP contribution in [0.5, 0.6) is 17.5 Å². The molecule has 2 heterocycles. The second kappa shape index (κ2) is 8.88. The summed E-state index contributed by atoms with van der Waals surface area (Å²) in [6.45, 7) is 1.41. The first-order valence-electron chi connectivity index (χ1n) is 8.99. The molecular weight excluding hydrogens is 431 g/mol. The van der Waals surface area contributed by atoms with Crippen molar-refractivity contribution in [3.63, 3.8) is 0 Å². The molecule has 0 aliphatic rings. The smallest absolute Gasteiger partial charge is 0.417 e. The van der Waals surface area contributed by atoms with E-state index in [0.29, 0.717) is 11.8 Å². The van der Waals surface area contributed by atoms with Crippen molar-refractivity contribution < 1.29 is 32.2 Å². The maximum absolute atomic E-state index is 12.6. The second-order valence-electron chi connectivity index (χ2n) is 6.45. The van der Waals surface area contributed by atoms with Gasteiger partial charge in [0.05, 0.1) is 5.56 Å². The molecule has 2 aromatic heterocycles. The number of ether oxygens (including phenoxy) is 2. The Kier molecular flexibility index (Phi) is 6.23. The summed E-state index contributed by atoms with van der Waals surface area (Å²) >= 11 is 0. The number of hydrogen-bond donors (Lipinski definition) is 2. The third-order valence-corrected chi connectivity index (χ3v) is 4.05. The van der Waals surface area contributed by atoms with Gasteiger partial charge in [-0.3, -0.25) is 9.59 Å². The number of nitrogens with zero attached hydrogens (tertiary/aromatic N) is 3. The highest BCUT2D eigenvalue weighted by molar-refractivity contribution is 5.91. The molecule has 0 aliphatic carbocycles. The minimum Gasteiger partial charge on any atom is -0.464 e. The fraction of sp³-hybridized carbons (Fsp3) is 0.150. The number of aromatic nitrogens is 3. The summed E-state index contributed by atoms with van der Waals surface area (Å²) in [6, 6.07) is 9.22. The SMILES string of the molecule is CC(Oc1cc(C(N)=O)nc(-c2ccc(Oc3ccc(C(F)(F)F)cn3)cc2)n1)C(N)=O. The van der Waals surface area contributed by atoms with E-state index in [1.165, 1.54) is 25.1 Å². The van der Waals surface area contributed by atoms with Crippen LogP contribution in [0.15, 0.2) is 48.7 Å². The van der Waals surface area contributed by atoms with Gasteiger partial charge < -0.3 is 20.9 Å². The maximum Gasteiger partial charge on any atom is 0.417 e. The molecule has 0 radical (unpaired) electrons. The number of rotatable bonds is 7. The Bertz CT molecular complexity index is 1140. The molecule has 0 saturated heterocycles. The van der Waals surface area contributed by atoms with Crippen LogP contribution in [0.2, 0.25) is 0 Å². The van der Waals surface area contributed by atoms with Gasteiger partial charge >= 0.3 is 6.18 Å². The highest BCUT2D eigenvalue weighted by atomic mass is 19.4. The van der Waals surface area contributed by atoms with E-state index >= 15 is 0 Å². The number of nitrogens with two attached hydrogens (primary N) is 2. The molecule has 2 amide bonds. The fourth-order valence-corrected chi connectivity index (χ4v) is 2.38. The Hall–Kier alpha value is -4.22. The predicted octanol–water partition coefficient (Wildman–Crippen LogP) is 2.70. The summed E-state index contributed by atoms with van der Waals surface area (Å²) < 4.78 is 48.6. The lowest BCUT2D eigenvalue weighted by Crippen LogP contribution is -2.31. The van der Waals surface area contributed by atoms with Crippen LogP contribution < -0.4 is 20.9 Å². The van der Waals surface area contributed by atoms with Gasteiger partial charge in [-0.05, 0) is 37.3 Å². The highest BCUT2D eigenvalue weighted by Crippen LogP contribution is 2.30. The Morgan fingerprint density at radius 3 is 2.22 bits per heavy atom. The number of pyridine rings is 1. The molecule has 3 aromatic rings. The van der Waals surface area contributed by atoms with Gasteiger partial charge in [0.25, 0.3) is 11.8 Å². The molecule has 0 aliphatic heterocycles. The number of amides is 2. The Balaban J connectivity index is 1.82.